The maximum absolute atomic E-state index is 7.17. The Balaban J connectivity index is -0.00000000750. The molecule has 3 N–H and O–H groups in total. The van der Waals surface area contributed by atoms with Crippen molar-refractivity contribution in [2.75, 3.05) is 0 Å². The van der Waals surface area contributed by atoms with Crippen LogP contribution in [-0.4, -0.2) is 22.4 Å². The summed E-state index contributed by atoms with van der Waals surface area (Å²) in [5, 5.41) is 21.5. The van der Waals surface area contributed by atoms with Crippen LogP contribution in [0.1, 0.15) is 2.85 Å². The Hall–Kier alpha value is 2.18. The molecular weight excluding hydrogens is 105 g/mol. The van der Waals surface area contributed by atoms with Crippen LogP contribution >= 0.6 is 0 Å². The molecule has 28 valence electrons. The Morgan fingerprint density at radius 3 is 1.17 bits per heavy atom. The van der Waals surface area contributed by atoms with E-state index in [4.69, 9.17) is 15.1 Å². The summed E-state index contributed by atoms with van der Waals surface area (Å²) in [5.74, 6) is 0. The summed E-state index contributed by atoms with van der Waals surface area (Å²) in [6.07, 6.45) is 0. The summed E-state index contributed by atoms with van der Waals surface area (Å²) in [6.45, 7) is 0. The fourth-order valence-corrected chi connectivity index (χ4v) is 0. The molecule has 0 saturated heterocycles. The van der Waals surface area contributed by atoms with Crippen molar-refractivity contribution < 1.29 is 88.2 Å². The molecule has 0 aromatic heterocycles. The zero-order valence-corrected chi connectivity index (χ0v) is 7.04. The van der Waals surface area contributed by atoms with E-state index in [2.05, 4.69) is 0 Å². The normalized spacial score (nSPS) is 4.50. The van der Waals surface area contributed by atoms with Crippen LogP contribution in [0.2, 0.25) is 0 Å². The smallest absolute Gasteiger partial charge is 1.00 e. The van der Waals surface area contributed by atoms with Crippen LogP contribution in [0.15, 0.2) is 0 Å². The van der Waals surface area contributed by atoms with Crippen molar-refractivity contribution in [2.24, 2.45) is 0 Å². The summed E-state index contributed by atoms with van der Waals surface area (Å²) in [4.78, 5) is 0. The van der Waals surface area contributed by atoms with E-state index in [9.17, 15) is 0 Å². The first-order valence-corrected chi connectivity index (χ1v) is 0.775. The fraction of sp³-hybridized carbons (Fsp3) is 0. The third-order valence-corrected chi connectivity index (χ3v) is 0. The van der Waals surface area contributed by atoms with E-state index in [1.54, 1.807) is 0 Å². The topological polar surface area (TPSA) is 60.7 Å². The number of hydrogen-bond acceptors (Lipinski definition) is 3. The molecule has 0 aliphatic carbocycles. The van der Waals surface area contributed by atoms with E-state index in [-0.39, 0.29) is 73.1 Å². The molecule has 3 nitrogen and oxygen atoms in total. The molecule has 0 aromatic carbocycles. The molecule has 0 fully saturated rings. The summed E-state index contributed by atoms with van der Waals surface area (Å²) in [5.41, 5.74) is 0. The van der Waals surface area contributed by atoms with Gasteiger partial charge in [0.15, 0.2) is 0 Å². The first-order chi connectivity index (χ1) is 1.73. The second-order valence-electron chi connectivity index (χ2n) is 0.346. The van der Waals surface area contributed by atoms with Crippen LogP contribution in [0.25, 0.3) is 0 Å². The Morgan fingerprint density at radius 2 is 1.17 bits per heavy atom. The second-order valence-corrected chi connectivity index (χ2v) is 0.346. The third-order valence-electron chi connectivity index (χ3n) is 0. The molecule has 0 spiro atoms. The van der Waals surface area contributed by atoms with Gasteiger partial charge in [-0.15, -0.1) is 0 Å². The van der Waals surface area contributed by atoms with E-state index in [0.29, 0.717) is 0 Å². The molecule has 0 heterocycles. The zero-order valence-electron chi connectivity index (χ0n) is 5.92. The van der Waals surface area contributed by atoms with Gasteiger partial charge < -0.3 is 17.9 Å². The van der Waals surface area contributed by atoms with Crippen molar-refractivity contribution in [1.29, 1.82) is 0 Å². The van der Waals surface area contributed by atoms with Crippen molar-refractivity contribution in [3.05, 3.63) is 0 Å². The van der Waals surface area contributed by atoms with E-state index in [1.165, 1.54) is 0 Å². The molecule has 0 aromatic rings. The van der Waals surface area contributed by atoms with Crippen LogP contribution in [0, 0.1) is 0 Å². The monoisotopic (exact) mass is 110 g/mol. The summed E-state index contributed by atoms with van der Waals surface area (Å²) < 4.78 is 0. The molecule has 0 amide bonds. The maximum atomic E-state index is 7.17. The van der Waals surface area contributed by atoms with Crippen LogP contribution in [-0.2, 0) is 0 Å². The van der Waals surface area contributed by atoms with Gasteiger partial charge in [0.1, 0.15) is 0 Å². The predicted octanol–water partition coefficient (Wildman–Crippen LogP) is -7.82. The summed E-state index contributed by atoms with van der Waals surface area (Å²) >= 11 is 0. The Morgan fingerprint density at radius 1 is 1.17 bits per heavy atom. The van der Waals surface area contributed by atoms with Gasteiger partial charge in [0.25, 0.3) is 0 Å². The Kier molecular flexibility index (Phi) is 26.8. The van der Waals surface area contributed by atoms with Gasteiger partial charge in [0.2, 0.25) is 0 Å². The van der Waals surface area contributed by atoms with E-state index >= 15 is 0 Å². The standard InChI is InChI=1S/BH3O3.K.Li.2H/c2-1(3)4;;;;/h2-4H;;;;/q;2*+1;2*-1. The SMILES string of the molecule is OB(O)O.[H-].[H-].[K+].[Li+]. The van der Waals surface area contributed by atoms with Crippen LogP contribution in [0.3, 0.4) is 0 Å². The van der Waals surface area contributed by atoms with Crippen molar-refractivity contribution in [1.82, 2.24) is 0 Å². The van der Waals surface area contributed by atoms with Crippen LogP contribution < -0.4 is 70.2 Å². The van der Waals surface area contributed by atoms with Crippen LogP contribution in [0.5, 0.6) is 0 Å². The van der Waals surface area contributed by atoms with E-state index < -0.39 is 7.32 Å². The molecule has 0 unspecified atom stereocenters. The molecule has 0 aliphatic rings. The van der Waals surface area contributed by atoms with Crippen LogP contribution in [0.4, 0.5) is 0 Å². The predicted molar refractivity (Wildman–Crippen MR) is 14.6 cm³/mol. The van der Waals surface area contributed by atoms with E-state index in [1.807, 2.05) is 0 Å². The quantitative estimate of drug-likeness (QED) is 0.271. The minimum atomic E-state index is -2.17. The summed E-state index contributed by atoms with van der Waals surface area (Å²) in [7, 11) is -2.17. The molecule has 0 rings (SSSR count). The average Bonchev–Trinajstić information content (AvgIpc) is 0.811. The first-order valence-electron chi connectivity index (χ1n) is 0.775. The van der Waals surface area contributed by atoms with Crippen molar-refractivity contribution >= 4 is 7.32 Å². The van der Waals surface area contributed by atoms with Gasteiger partial charge >= 0.3 is 77.6 Å². The molecule has 0 aliphatic heterocycles. The van der Waals surface area contributed by atoms with Gasteiger partial charge in [-0.2, -0.15) is 0 Å². The third kappa shape index (κ3) is 34.9. The Bertz CT molecular complexity index is 22.0. The van der Waals surface area contributed by atoms with Gasteiger partial charge in [-0.1, -0.05) is 0 Å². The van der Waals surface area contributed by atoms with Gasteiger partial charge in [-0.25, -0.2) is 0 Å². The van der Waals surface area contributed by atoms with Gasteiger partial charge in [-0.05, 0) is 0 Å². The molecule has 0 atom stereocenters. The molecular formula is H5BKLiO3. The molecule has 6 heteroatoms. The minimum Gasteiger partial charge on any atom is -1.00 e. The van der Waals surface area contributed by atoms with Gasteiger partial charge in [0.05, 0.1) is 0 Å². The van der Waals surface area contributed by atoms with Gasteiger partial charge in [0, 0.05) is 0 Å². The molecule has 0 bridgehead atoms. The van der Waals surface area contributed by atoms with E-state index in [0.717, 1.165) is 0 Å². The Labute approximate surface area is 93.9 Å². The maximum Gasteiger partial charge on any atom is 1.00 e. The van der Waals surface area contributed by atoms with Gasteiger partial charge in [-0.3, -0.25) is 0 Å². The van der Waals surface area contributed by atoms with Crippen molar-refractivity contribution in [3.63, 3.8) is 0 Å². The largest absolute Gasteiger partial charge is 1.00 e. The fourth-order valence-electron chi connectivity index (χ4n) is 0. The molecule has 0 radical (unpaired) electrons. The number of rotatable bonds is 0. The molecule has 0 saturated carbocycles. The minimum absolute atomic E-state index is 0. The summed E-state index contributed by atoms with van der Waals surface area (Å²) in [6, 6.07) is 0. The average molecular weight is 110 g/mol. The van der Waals surface area contributed by atoms with Crippen molar-refractivity contribution in [2.45, 2.75) is 0 Å². The number of hydrogen-bond donors (Lipinski definition) is 3. The molecule has 6 heavy (non-hydrogen) atoms. The van der Waals surface area contributed by atoms with Crippen molar-refractivity contribution in [3.8, 4) is 0 Å². The second kappa shape index (κ2) is 10.2. The zero-order chi connectivity index (χ0) is 3.58. The first kappa shape index (κ1) is 15.7.